The number of benzene rings is 3. The predicted molar refractivity (Wildman–Crippen MR) is 127 cm³/mol. The van der Waals surface area contributed by atoms with Crippen molar-refractivity contribution in [2.75, 3.05) is 0 Å². The van der Waals surface area contributed by atoms with E-state index < -0.39 is 0 Å². The van der Waals surface area contributed by atoms with Gasteiger partial charge in [-0.15, -0.1) is 0 Å². The van der Waals surface area contributed by atoms with Crippen LogP contribution < -0.4 is 5.56 Å². The van der Waals surface area contributed by atoms with Gasteiger partial charge in [0.1, 0.15) is 0 Å². The first kappa shape index (κ1) is 21.3. The number of halogens is 1. The van der Waals surface area contributed by atoms with E-state index in [-0.39, 0.29) is 11.3 Å². The summed E-state index contributed by atoms with van der Waals surface area (Å²) < 4.78 is 1.72. The number of aromatic nitrogens is 2. The van der Waals surface area contributed by atoms with E-state index in [4.69, 9.17) is 16.6 Å². The van der Waals surface area contributed by atoms with Crippen LogP contribution in [-0.2, 0) is 12.3 Å². The standard InChI is InChI=1S/C25H21ClN2O2S/c1-3-28-24(30)22-16(2)5-4-6-21(22)27-25(28)31-15-17-7-9-18(10-8-17)23(29)19-11-13-20(26)14-12-19/h4-14H,3,15H2,1-2H3. The highest BCUT2D eigenvalue weighted by atomic mass is 35.5. The number of fused-ring (bicyclic) bond motifs is 1. The number of rotatable bonds is 6. The molecule has 0 atom stereocenters. The minimum atomic E-state index is -0.0396. The van der Waals surface area contributed by atoms with E-state index in [2.05, 4.69) is 0 Å². The van der Waals surface area contributed by atoms with E-state index in [0.29, 0.717) is 39.0 Å². The van der Waals surface area contributed by atoms with Crippen LogP contribution >= 0.6 is 23.4 Å². The van der Waals surface area contributed by atoms with Crippen LogP contribution in [0.4, 0.5) is 0 Å². The molecule has 4 nitrogen and oxygen atoms in total. The Morgan fingerprint density at radius 3 is 2.29 bits per heavy atom. The lowest BCUT2D eigenvalue weighted by Crippen LogP contribution is -2.23. The van der Waals surface area contributed by atoms with Gasteiger partial charge in [-0.1, -0.05) is 59.8 Å². The zero-order chi connectivity index (χ0) is 22.0. The minimum Gasteiger partial charge on any atom is -0.289 e. The maximum absolute atomic E-state index is 13.0. The third-order valence-corrected chi connectivity index (χ3v) is 6.46. The highest BCUT2D eigenvalue weighted by Crippen LogP contribution is 2.24. The first-order chi connectivity index (χ1) is 15.0. The lowest BCUT2D eigenvalue weighted by Gasteiger charge is -2.12. The Morgan fingerprint density at radius 1 is 1.00 bits per heavy atom. The molecular weight excluding hydrogens is 428 g/mol. The number of ketones is 1. The number of hydrogen-bond acceptors (Lipinski definition) is 4. The van der Waals surface area contributed by atoms with Crippen LogP contribution in [0.25, 0.3) is 10.9 Å². The lowest BCUT2D eigenvalue weighted by molar-refractivity contribution is 0.103. The molecule has 1 aromatic heterocycles. The highest BCUT2D eigenvalue weighted by molar-refractivity contribution is 7.98. The number of aryl methyl sites for hydroxylation is 1. The van der Waals surface area contributed by atoms with Crippen LogP contribution in [-0.4, -0.2) is 15.3 Å². The average molecular weight is 449 g/mol. The minimum absolute atomic E-state index is 0.00277. The van der Waals surface area contributed by atoms with Crippen molar-refractivity contribution in [2.24, 2.45) is 0 Å². The van der Waals surface area contributed by atoms with Crippen molar-refractivity contribution >= 4 is 40.0 Å². The van der Waals surface area contributed by atoms with E-state index in [1.54, 1.807) is 28.8 Å². The largest absolute Gasteiger partial charge is 0.289 e. The molecule has 0 unspecified atom stereocenters. The molecule has 156 valence electrons. The fourth-order valence-electron chi connectivity index (χ4n) is 3.47. The molecular formula is C25H21ClN2O2S. The van der Waals surface area contributed by atoms with E-state index in [9.17, 15) is 9.59 Å². The Hall–Kier alpha value is -2.89. The SMILES string of the molecule is CCn1c(SCc2ccc(C(=O)c3ccc(Cl)cc3)cc2)nc2cccc(C)c2c1=O. The molecule has 0 aliphatic heterocycles. The highest BCUT2D eigenvalue weighted by Gasteiger charge is 2.13. The molecule has 0 aliphatic carbocycles. The Kier molecular flexibility index (Phi) is 6.25. The summed E-state index contributed by atoms with van der Waals surface area (Å²) in [6.45, 7) is 4.45. The number of hydrogen-bond donors (Lipinski definition) is 0. The fourth-order valence-corrected chi connectivity index (χ4v) is 4.61. The molecule has 1 heterocycles. The van der Waals surface area contributed by atoms with Crippen molar-refractivity contribution in [1.82, 2.24) is 9.55 Å². The Balaban J connectivity index is 1.54. The molecule has 0 aliphatic rings. The molecule has 0 amide bonds. The van der Waals surface area contributed by atoms with Crippen molar-refractivity contribution in [3.05, 3.63) is 104 Å². The van der Waals surface area contributed by atoms with Crippen LogP contribution in [0.2, 0.25) is 5.02 Å². The third kappa shape index (κ3) is 4.43. The Bertz CT molecular complexity index is 1310. The van der Waals surface area contributed by atoms with Gasteiger partial charge in [-0.3, -0.25) is 14.2 Å². The van der Waals surface area contributed by atoms with Crippen LogP contribution in [0, 0.1) is 6.92 Å². The van der Waals surface area contributed by atoms with Gasteiger partial charge in [0.25, 0.3) is 5.56 Å². The predicted octanol–water partition coefficient (Wildman–Crippen LogP) is 5.90. The van der Waals surface area contributed by atoms with Crippen LogP contribution in [0.3, 0.4) is 0 Å². The van der Waals surface area contributed by atoms with E-state index in [1.807, 2.05) is 56.3 Å². The van der Waals surface area contributed by atoms with Crippen LogP contribution in [0.1, 0.15) is 34.0 Å². The lowest BCUT2D eigenvalue weighted by atomic mass is 10.0. The molecule has 0 spiro atoms. The topological polar surface area (TPSA) is 52.0 Å². The second-order valence-electron chi connectivity index (χ2n) is 7.23. The zero-order valence-corrected chi connectivity index (χ0v) is 18.8. The first-order valence-corrected chi connectivity index (χ1v) is 11.4. The Labute approximate surface area is 189 Å². The number of thioether (sulfide) groups is 1. The van der Waals surface area contributed by atoms with Crippen LogP contribution in [0.15, 0.2) is 76.7 Å². The zero-order valence-electron chi connectivity index (χ0n) is 17.3. The molecule has 0 N–H and O–H groups in total. The summed E-state index contributed by atoms with van der Waals surface area (Å²) >= 11 is 7.42. The van der Waals surface area contributed by atoms with E-state index in [1.165, 1.54) is 11.8 Å². The van der Waals surface area contributed by atoms with Gasteiger partial charge in [0.05, 0.1) is 10.9 Å². The summed E-state index contributed by atoms with van der Waals surface area (Å²) in [5.41, 5.74) is 3.95. The molecule has 3 aromatic carbocycles. The van der Waals surface area contributed by atoms with Gasteiger partial charge >= 0.3 is 0 Å². The maximum Gasteiger partial charge on any atom is 0.262 e. The molecule has 0 fully saturated rings. The van der Waals surface area contributed by atoms with Gasteiger partial charge in [-0.2, -0.15) is 0 Å². The van der Waals surface area contributed by atoms with Gasteiger partial charge < -0.3 is 0 Å². The van der Waals surface area contributed by atoms with Gasteiger partial charge in [0.2, 0.25) is 0 Å². The molecule has 0 saturated carbocycles. The van der Waals surface area contributed by atoms with E-state index in [0.717, 1.165) is 16.6 Å². The molecule has 4 rings (SSSR count). The van der Waals surface area contributed by atoms with Gasteiger partial charge in [0.15, 0.2) is 10.9 Å². The van der Waals surface area contributed by atoms with Crippen LogP contribution in [0.5, 0.6) is 0 Å². The quantitative estimate of drug-likeness (QED) is 0.209. The van der Waals surface area contributed by atoms with Crippen molar-refractivity contribution in [3.8, 4) is 0 Å². The van der Waals surface area contributed by atoms with Crippen molar-refractivity contribution in [3.63, 3.8) is 0 Å². The van der Waals surface area contributed by atoms with Crippen molar-refractivity contribution in [2.45, 2.75) is 31.3 Å². The third-order valence-electron chi connectivity index (χ3n) is 5.16. The number of carbonyl (C=O) groups is 1. The summed E-state index contributed by atoms with van der Waals surface area (Å²) in [4.78, 5) is 30.3. The second kappa shape index (κ2) is 9.08. The number of carbonyl (C=O) groups excluding carboxylic acids is 1. The monoisotopic (exact) mass is 448 g/mol. The molecule has 0 bridgehead atoms. The maximum atomic E-state index is 13.0. The van der Waals surface area contributed by atoms with Crippen molar-refractivity contribution in [1.29, 1.82) is 0 Å². The Morgan fingerprint density at radius 2 is 1.65 bits per heavy atom. The molecule has 31 heavy (non-hydrogen) atoms. The normalized spacial score (nSPS) is 11.1. The van der Waals surface area contributed by atoms with Gasteiger partial charge in [-0.05, 0) is 55.3 Å². The molecule has 4 aromatic rings. The second-order valence-corrected chi connectivity index (χ2v) is 8.61. The van der Waals surface area contributed by atoms with E-state index >= 15 is 0 Å². The smallest absolute Gasteiger partial charge is 0.262 e. The molecule has 0 saturated heterocycles. The van der Waals surface area contributed by atoms with Gasteiger partial charge in [0, 0.05) is 28.4 Å². The fraction of sp³-hybridized carbons (Fsp3) is 0.160. The first-order valence-electron chi connectivity index (χ1n) is 10.00. The summed E-state index contributed by atoms with van der Waals surface area (Å²) in [6, 6.07) is 20.2. The molecule has 0 radical (unpaired) electrons. The summed E-state index contributed by atoms with van der Waals surface area (Å²) in [5, 5.41) is 1.98. The van der Waals surface area contributed by atoms with Gasteiger partial charge in [-0.25, -0.2) is 4.98 Å². The molecule has 6 heteroatoms. The summed E-state index contributed by atoms with van der Waals surface area (Å²) in [6.07, 6.45) is 0. The average Bonchev–Trinajstić information content (AvgIpc) is 2.78. The summed E-state index contributed by atoms with van der Waals surface area (Å²) in [5.74, 6) is 0.612. The van der Waals surface area contributed by atoms with Crippen molar-refractivity contribution < 1.29 is 4.79 Å². The summed E-state index contributed by atoms with van der Waals surface area (Å²) in [7, 11) is 0. The number of nitrogens with zero attached hydrogens (tertiary/aromatic N) is 2.